The van der Waals surface area contributed by atoms with Gasteiger partial charge >= 0.3 is 11.9 Å². The molecule has 0 bridgehead atoms. The van der Waals surface area contributed by atoms with Crippen LogP contribution in [0.5, 0.6) is 0 Å². The van der Waals surface area contributed by atoms with Gasteiger partial charge in [-0.15, -0.1) is 0 Å². The van der Waals surface area contributed by atoms with Crippen LogP contribution in [0, 0.1) is 11.8 Å². The van der Waals surface area contributed by atoms with Crippen molar-refractivity contribution in [2.45, 2.75) is 67.2 Å². The summed E-state index contributed by atoms with van der Waals surface area (Å²) in [6.07, 6.45) is 4.63. The molecule has 0 radical (unpaired) electrons. The molecule has 0 heterocycles. The number of carbonyl (C=O) groups is 2. The van der Waals surface area contributed by atoms with Crippen LogP contribution in [-0.2, 0) is 19.1 Å². The van der Waals surface area contributed by atoms with Crippen LogP contribution in [0.15, 0.2) is 24.3 Å². The monoisotopic (exact) mass is 340 g/mol. The lowest BCUT2D eigenvalue weighted by molar-refractivity contribution is -0.141. The van der Waals surface area contributed by atoms with E-state index in [1.165, 1.54) is 12.8 Å². The van der Waals surface area contributed by atoms with Crippen LogP contribution >= 0.6 is 0 Å². The molecule has 1 unspecified atom stereocenters. The minimum absolute atomic E-state index is 0.264. The minimum atomic E-state index is -0.297. The number of esters is 2. The van der Waals surface area contributed by atoms with Gasteiger partial charge in [-0.1, -0.05) is 60.1 Å². The average molecular weight is 341 g/mol. The Morgan fingerprint density at radius 1 is 0.917 bits per heavy atom. The van der Waals surface area contributed by atoms with Crippen LogP contribution in [-0.4, -0.2) is 25.2 Å². The Kier molecular flexibility index (Phi) is 15.4. The van der Waals surface area contributed by atoms with Crippen molar-refractivity contribution in [2.75, 3.05) is 13.2 Å². The largest absolute Gasteiger partial charge is 0.462 e. The van der Waals surface area contributed by atoms with Gasteiger partial charge in [0.05, 0.1) is 13.2 Å². The maximum Gasteiger partial charge on any atom is 0.333 e. The maximum absolute atomic E-state index is 11.1. The summed E-state index contributed by atoms with van der Waals surface area (Å²) in [4.78, 5) is 21.8. The van der Waals surface area contributed by atoms with E-state index < -0.39 is 0 Å². The predicted octanol–water partition coefficient (Wildman–Crippen LogP) is 5.08. The highest BCUT2D eigenvalue weighted by atomic mass is 16.5. The molecular formula is C20H36O4. The van der Waals surface area contributed by atoms with Crippen molar-refractivity contribution in [1.82, 2.24) is 0 Å². The molecule has 0 N–H and O–H groups in total. The van der Waals surface area contributed by atoms with E-state index in [1.54, 1.807) is 13.8 Å². The zero-order valence-corrected chi connectivity index (χ0v) is 16.4. The van der Waals surface area contributed by atoms with Gasteiger partial charge in [0, 0.05) is 11.1 Å². The van der Waals surface area contributed by atoms with E-state index in [2.05, 4.69) is 27.0 Å². The Morgan fingerprint density at radius 3 is 1.71 bits per heavy atom. The lowest BCUT2D eigenvalue weighted by Crippen LogP contribution is -2.14. The molecule has 4 nitrogen and oxygen atoms in total. The van der Waals surface area contributed by atoms with Gasteiger partial charge in [0.2, 0.25) is 0 Å². The lowest BCUT2D eigenvalue weighted by atomic mass is 10.0. The molecule has 24 heavy (non-hydrogen) atoms. The highest BCUT2D eigenvalue weighted by molar-refractivity contribution is 5.87. The zero-order valence-electron chi connectivity index (χ0n) is 16.4. The van der Waals surface area contributed by atoms with Crippen molar-refractivity contribution in [3.63, 3.8) is 0 Å². The second-order valence-electron chi connectivity index (χ2n) is 6.57. The number of rotatable bonds is 10. The summed E-state index contributed by atoms with van der Waals surface area (Å²) in [6.45, 7) is 19.6. The first-order valence-corrected chi connectivity index (χ1v) is 8.80. The third-order valence-corrected chi connectivity index (χ3v) is 3.24. The summed E-state index contributed by atoms with van der Waals surface area (Å²) < 4.78 is 9.94. The smallest absolute Gasteiger partial charge is 0.333 e. The van der Waals surface area contributed by atoms with E-state index in [1.807, 2.05) is 13.8 Å². The van der Waals surface area contributed by atoms with Gasteiger partial charge in [0.25, 0.3) is 0 Å². The van der Waals surface area contributed by atoms with Crippen LogP contribution in [0.4, 0.5) is 0 Å². The van der Waals surface area contributed by atoms with E-state index >= 15 is 0 Å². The molecule has 0 aromatic heterocycles. The van der Waals surface area contributed by atoms with Crippen LogP contribution < -0.4 is 0 Å². The van der Waals surface area contributed by atoms with E-state index in [-0.39, 0.29) is 11.9 Å². The third kappa shape index (κ3) is 15.3. The van der Waals surface area contributed by atoms with Crippen molar-refractivity contribution >= 4 is 11.9 Å². The molecule has 0 rings (SSSR count). The van der Waals surface area contributed by atoms with Crippen LogP contribution in [0.3, 0.4) is 0 Å². The molecule has 4 heteroatoms. The number of ether oxygens (including phenoxy) is 2. The molecule has 0 saturated heterocycles. The Hall–Kier alpha value is -1.58. The predicted molar refractivity (Wildman–Crippen MR) is 99.7 cm³/mol. The maximum atomic E-state index is 11.1. The molecule has 0 fully saturated rings. The van der Waals surface area contributed by atoms with Gasteiger partial charge in [-0.3, -0.25) is 0 Å². The number of hydrogen-bond donors (Lipinski definition) is 0. The van der Waals surface area contributed by atoms with Gasteiger partial charge in [-0.25, -0.2) is 9.59 Å². The van der Waals surface area contributed by atoms with Gasteiger partial charge in [0.1, 0.15) is 0 Å². The molecule has 0 spiro atoms. The fourth-order valence-electron chi connectivity index (χ4n) is 1.58. The molecule has 0 aromatic carbocycles. The molecule has 0 amide bonds. The fourth-order valence-corrected chi connectivity index (χ4v) is 1.58. The van der Waals surface area contributed by atoms with Crippen molar-refractivity contribution in [3.8, 4) is 0 Å². The number of unbranched alkanes of at least 4 members (excludes halogenated alkanes) is 1. The summed E-state index contributed by atoms with van der Waals surface area (Å²) in [6, 6.07) is 0. The second-order valence-corrected chi connectivity index (χ2v) is 6.57. The normalized spacial score (nSPS) is 11.1. The van der Waals surface area contributed by atoms with Gasteiger partial charge < -0.3 is 9.47 Å². The van der Waals surface area contributed by atoms with Gasteiger partial charge in [-0.2, -0.15) is 0 Å². The molecule has 140 valence electrons. The second kappa shape index (κ2) is 15.0. The highest BCUT2D eigenvalue weighted by Gasteiger charge is 2.09. The minimum Gasteiger partial charge on any atom is -0.462 e. The summed E-state index contributed by atoms with van der Waals surface area (Å²) >= 11 is 0. The Labute approximate surface area is 148 Å². The third-order valence-electron chi connectivity index (χ3n) is 3.24. The molecule has 0 aliphatic heterocycles. The number of carbonyl (C=O) groups excluding carboxylic acids is 2. The van der Waals surface area contributed by atoms with Crippen molar-refractivity contribution in [3.05, 3.63) is 24.3 Å². The Morgan fingerprint density at radius 2 is 1.38 bits per heavy atom. The zero-order chi connectivity index (χ0) is 19.1. The quantitative estimate of drug-likeness (QED) is 0.411. The first-order chi connectivity index (χ1) is 11.1. The molecule has 1 atom stereocenters. The summed E-state index contributed by atoms with van der Waals surface area (Å²) in [5.74, 6) is 0.343. The van der Waals surface area contributed by atoms with Crippen molar-refractivity contribution < 1.29 is 19.1 Å². The van der Waals surface area contributed by atoms with Gasteiger partial charge in [0.15, 0.2) is 0 Å². The summed E-state index contributed by atoms with van der Waals surface area (Å²) in [7, 11) is 0. The Balaban J connectivity index is 0. The summed E-state index contributed by atoms with van der Waals surface area (Å²) in [5, 5.41) is 0. The highest BCUT2D eigenvalue weighted by Crippen LogP contribution is 2.13. The summed E-state index contributed by atoms with van der Waals surface area (Å²) in [5.41, 5.74) is 0.941. The lowest BCUT2D eigenvalue weighted by Gasteiger charge is -2.14. The molecule has 0 aliphatic rings. The van der Waals surface area contributed by atoms with E-state index in [9.17, 15) is 9.59 Å². The SMILES string of the molecule is C=C(C)C(=O)OCC(C)C.C=C(C)C(=O)OCC(CC)CCCC. The van der Waals surface area contributed by atoms with E-state index in [0.717, 1.165) is 12.8 Å². The van der Waals surface area contributed by atoms with Crippen molar-refractivity contribution in [1.29, 1.82) is 0 Å². The van der Waals surface area contributed by atoms with Crippen LogP contribution in [0.2, 0.25) is 0 Å². The van der Waals surface area contributed by atoms with E-state index in [0.29, 0.717) is 36.2 Å². The molecule has 0 aromatic rings. The first-order valence-electron chi connectivity index (χ1n) is 8.80. The fraction of sp³-hybridized carbons (Fsp3) is 0.700. The van der Waals surface area contributed by atoms with Crippen molar-refractivity contribution in [2.24, 2.45) is 11.8 Å². The molecule has 0 aliphatic carbocycles. The number of hydrogen-bond acceptors (Lipinski definition) is 4. The van der Waals surface area contributed by atoms with Crippen LogP contribution in [0.1, 0.15) is 67.2 Å². The van der Waals surface area contributed by atoms with Gasteiger partial charge in [-0.05, 0) is 32.1 Å². The Bertz CT molecular complexity index is 396. The first kappa shape index (κ1) is 24.7. The molecular weight excluding hydrogens is 304 g/mol. The molecule has 0 saturated carbocycles. The van der Waals surface area contributed by atoms with Crippen LogP contribution in [0.25, 0.3) is 0 Å². The topological polar surface area (TPSA) is 52.6 Å². The van der Waals surface area contributed by atoms with E-state index in [4.69, 9.17) is 9.47 Å². The average Bonchev–Trinajstić information content (AvgIpc) is 2.52. The standard InChI is InChI=1S/C12H22O2.C8H14O2/c1-5-7-8-11(6-2)9-14-12(13)10(3)4;1-6(2)5-10-8(9)7(3)4/h11H,3,5-9H2,1-2,4H3;6H,3,5H2,1-2,4H3.